The smallest absolute Gasteiger partial charge is 0.224 e. The van der Waals surface area contributed by atoms with Gasteiger partial charge in [0.1, 0.15) is 0 Å². The fourth-order valence-electron chi connectivity index (χ4n) is 1.82. The summed E-state index contributed by atoms with van der Waals surface area (Å²) in [4.78, 5) is 17.9. The third-order valence-electron chi connectivity index (χ3n) is 2.67. The van der Waals surface area contributed by atoms with Gasteiger partial charge in [-0.15, -0.1) is 11.3 Å². The molecule has 15 heavy (non-hydrogen) atoms. The van der Waals surface area contributed by atoms with Gasteiger partial charge in [0.15, 0.2) is 0 Å². The van der Waals surface area contributed by atoms with E-state index in [0.29, 0.717) is 6.42 Å². The number of carbonyl (C=O) groups excluding carboxylic acids is 1. The highest BCUT2D eigenvalue weighted by Crippen LogP contribution is 2.27. The van der Waals surface area contributed by atoms with Crippen molar-refractivity contribution in [1.29, 1.82) is 0 Å². The van der Waals surface area contributed by atoms with Crippen LogP contribution >= 0.6 is 24.0 Å². The maximum Gasteiger partial charge on any atom is 0.224 e. The molecular formula is C10H14N2OS2. The average Bonchev–Trinajstić information content (AvgIpc) is 2.71. The lowest BCUT2D eigenvalue weighted by atomic mass is 10.2. The van der Waals surface area contributed by atoms with Crippen LogP contribution < -0.4 is 0 Å². The van der Waals surface area contributed by atoms with Crippen molar-refractivity contribution in [3.05, 3.63) is 16.1 Å². The van der Waals surface area contributed by atoms with Crippen molar-refractivity contribution in [2.45, 2.75) is 31.6 Å². The lowest BCUT2D eigenvalue weighted by Crippen LogP contribution is -2.28. The molecule has 0 radical (unpaired) electrons. The van der Waals surface area contributed by atoms with E-state index in [2.05, 4.69) is 17.6 Å². The number of likely N-dealkylation sites (tertiary alicyclic amines) is 1. The van der Waals surface area contributed by atoms with Crippen molar-refractivity contribution in [2.75, 3.05) is 6.54 Å². The van der Waals surface area contributed by atoms with Crippen LogP contribution in [0.25, 0.3) is 0 Å². The molecule has 0 aromatic carbocycles. The molecule has 2 rings (SSSR count). The zero-order valence-corrected chi connectivity index (χ0v) is 10.5. The van der Waals surface area contributed by atoms with Crippen LogP contribution in [0.15, 0.2) is 5.38 Å². The quantitative estimate of drug-likeness (QED) is 0.805. The molecule has 1 aliphatic rings. The zero-order chi connectivity index (χ0) is 11.0. The SMILES string of the molecule is Cc1nc(C(C)N2CC(S)CC2=O)cs1. The second-order valence-electron chi connectivity index (χ2n) is 3.87. The second kappa shape index (κ2) is 4.14. The molecule has 1 saturated heterocycles. The summed E-state index contributed by atoms with van der Waals surface area (Å²) >= 11 is 5.97. The number of hydrogen-bond donors (Lipinski definition) is 1. The van der Waals surface area contributed by atoms with Crippen molar-refractivity contribution in [3.8, 4) is 0 Å². The lowest BCUT2D eigenvalue weighted by molar-refractivity contribution is -0.129. The number of aromatic nitrogens is 1. The summed E-state index contributed by atoms with van der Waals surface area (Å²) in [5, 5.41) is 3.25. The topological polar surface area (TPSA) is 33.2 Å². The van der Waals surface area contributed by atoms with Crippen LogP contribution in [0.5, 0.6) is 0 Å². The molecule has 5 heteroatoms. The van der Waals surface area contributed by atoms with E-state index in [-0.39, 0.29) is 17.2 Å². The van der Waals surface area contributed by atoms with E-state index < -0.39 is 0 Å². The van der Waals surface area contributed by atoms with Gasteiger partial charge in [-0.3, -0.25) is 4.79 Å². The summed E-state index contributed by atoms with van der Waals surface area (Å²) in [6.45, 7) is 4.74. The number of hydrogen-bond acceptors (Lipinski definition) is 4. The Morgan fingerprint density at radius 3 is 2.93 bits per heavy atom. The van der Waals surface area contributed by atoms with Crippen LogP contribution in [0.2, 0.25) is 0 Å². The summed E-state index contributed by atoms with van der Waals surface area (Å²) in [7, 11) is 0. The Bertz CT molecular complexity index is 377. The van der Waals surface area contributed by atoms with Gasteiger partial charge in [0.05, 0.1) is 16.7 Å². The van der Waals surface area contributed by atoms with Crippen LogP contribution in [0.4, 0.5) is 0 Å². The maximum atomic E-state index is 11.7. The number of amides is 1. The van der Waals surface area contributed by atoms with Crippen LogP contribution in [0.3, 0.4) is 0 Å². The first-order chi connectivity index (χ1) is 7.08. The molecule has 1 aromatic heterocycles. The van der Waals surface area contributed by atoms with Gasteiger partial charge >= 0.3 is 0 Å². The van der Waals surface area contributed by atoms with E-state index in [1.165, 1.54) is 0 Å². The Labute approximate surface area is 98.9 Å². The Morgan fingerprint density at radius 2 is 2.47 bits per heavy atom. The Kier molecular flexibility index (Phi) is 3.02. The fraction of sp³-hybridized carbons (Fsp3) is 0.600. The van der Waals surface area contributed by atoms with Gasteiger partial charge < -0.3 is 4.90 Å². The van der Waals surface area contributed by atoms with Crippen molar-refractivity contribution in [2.24, 2.45) is 0 Å². The minimum atomic E-state index is 0.0830. The summed E-state index contributed by atoms with van der Waals surface area (Å²) in [5.74, 6) is 0.188. The highest BCUT2D eigenvalue weighted by molar-refractivity contribution is 7.81. The largest absolute Gasteiger partial charge is 0.333 e. The number of rotatable bonds is 2. The monoisotopic (exact) mass is 242 g/mol. The lowest BCUT2D eigenvalue weighted by Gasteiger charge is -2.22. The van der Waals surface area contributed by atoms with Crippen LogP contribution in [0, 0.1) is 6.92 Å². The Balaban J connectivity index is 2.14. The summed E-state index contributed by atoms with van der Waals surface area (Å²) in [5.41, 5.74) is 0.994. The molecule has 0 N–H and O–H groups in total. The zero-order valence-electron chi connectivity index (χ0n) is 8.80. The van der Waals surface area contributed by atoms with Crippen LogP contribution in [-0.2, 0) is 4.79 Å². The number of thiol groups is 1. The van der Waals surface area contributed by atoms with E-state index in [1.54, 1.807) is 11.3 Å². The molecule has 2 atom stereocenters. The molecule has 0 spiro atoms. The first-order valence-corrected chi connectivity index (χ1v) is 6.37. The minimum absolute atomic E-state index is 0.0830. The molecule has 82 valence electrons. The number of carbonyl (C=O) groups is 1. The second-order valence-corrected chi connectivity index (χ2v) is 5.66. The van der Waals surface area contributed by atoms with Gasteiger partial charge in [-0.2, -0.15) is 12.6 Å². The standard InChI is InChI=1S/C10H14N2OS2/c1-6(9-5-15-7(2)11-9)12-4-8(14)3-10(12)13/h5-6,8,14H,3-4H2,1-2H3. The van der Waals surface area contributed by atoms with E-state index in [1.807, 2.05) is 24.1 Å². The van der Waals surface area contributed by atoms with Gasteiger partial charge in [0.2, 0.25) is 5.91 Å². The van der Waals surface area contributed by atoms with Crippen LogP contribution in [-0.4, -0.2) is 27.6 Å². The van der Waals surface area contributed by atoms with Gasteiger partial charge in [0.25, 0.3) is 0 Å². The van der Waals surface area contributed by atoms with Gasteiger partial charge in [-0.05, 0) is 13.8 Å². The molecule has 3 nitrogen and oxygen atoms in total. The van der Waals surface area contributed by atoms with Crippen LogP contribution in [0.1, 0.15) is 30.1 Å². The predicted molar refractivity (Wildman–Crippen MR) is 64.4 cm³/mol. The molecular weight excluding hydrogens is 228 g/mol. The minimum Gasteiger partial charge on any atom is -0.333 e. The third kappa shape index (κ3) is 2.18. The molecule has 2 unspecified atom stereocenters. The first-order valence-electron chi connectivity index (χ1n) is 4.97. The van der Waals surface area contributed by atoms with Crippen molar-refractivity contribution in [3.63, 3.8) is 0 Å². The molecule has 1 aliphatic heterocycles. The van der Waals surface area contributed by atoms with Crippen molar-refractivity contribution >= 4 is 29.9 Å². The van der Waals surface area contributed by atoms with E-state index >= 15 is 0 Å². The molecule has 0 bridgehead atoms. The van der Waals surface area contributed by atoms with Crippen molar-refractivity contribution in [1.82, 2.24) is 9.88 Å². The Hall–Kier alpha value is -0.550. The highest BCUT2D eigenvalue weighted by atomic mass is 32.1. The van der Waals surface area contributed by atoms with E-state index in [0.717, 1.165) is 17.2 Å². The predicted octanol–water partition coefficient (Wildman–Crippen LogP) is 2.04. The number of aryl methyl sites for hydroxylation is 1. The Morgan fingerprint density at radius 1 is 1.73 bits per heavy atom. The summed E-state index contributed by atoms with van der Waals surface area (Å²) in [6.07, 6.45) is 0.552. The number of thiazole rings is 1. The highest BCUT2D eigenvalue weighted by Gasteiger charge is 2.31. The molecule has 1 amide bonds. The molecule has 1 aromatic rings. The molecule has 1 fully saturated rings. The summed E-state index contributed by atoms with van der Waals surface area (Å²) < 4.78 is 0. The third-order valence-corrected chi connectivity index (χ3v) is 3.81. The maximum absolute atomic E-state index is 11.7. The normalized spacial score (nSPS) is 23.5. The molecule has 0 aliphatic carbocycles. The fourth-order valence-corrected chi connectivity index (χ4v) is 2.85. The van der Waals surface area contributed by atoms with E-state index in [4.69, 9.17) is 0 Å². The number of nitrogens with zero attached hydrogens (tertiary/aromatic N) is 2. The van der Waals surface area contributed by atoms with E-state index in [9.17, 15) is 4.79 Å². The summed E-state index contributed by atoms with van der Waals surface area (Å²) in [6, 6.07) is 0.0830. The first kappa shape index (κ1) is 11.0. The van der Waals surface area contributed by atoms with Gasteiger partial charge in [-0.25, -0.2) is 4.98 Å². The van der Waals surface area contributed by atoms with Crippen molar-refractivity contribution < 1.29 is 4.79 Å². The van der Waals surface area contributed by atoms with Gasteiger partial charge in [-0.1, -0.05) is 0 Å². The van der Waals surface area contributed by atoms with Gasteiger partial charge in [0, 0.05) is 23.6 Å². The molecule has 0 saturated carbocycles. The molecule has 2 heterocycles. The average molecular weight is 242 g/mol.